The summed E-state index contributed by atoms with van der Waals surface area (Å²) >= 11 is 0. The van der Waals surface area contributed by atoms with Crippen molar-refractivity contribution in [2.24, 2.45) is 0 Å². The third-order valence-electron chi connectivity index (χ3n) is 4.30. The Kier molecular flexibility index (Phi) is 4.91. The molecule has 0 atom stereocenters. The number of fused-ring (bicyclic) bond motifs is 1. The Labute approximate surface area is 126 Å². The molecule has 0 radical (unpaired) electrons. The molecule has 0 unspecified atom stereocenters. The average Bonchev–Trinajstić information content (AvgIpc) is 2.92. The van der Waals surface area contributed by atoms with Gasteiger partial charge in [0.25, 0.3) is 0 Å². The summed E-state index contributed by atoms with van der Waals surface area (Å²) in [6.45, 7) is 7.98. The van der Waals surface area contributed by atoms with Crippen molar-refractivity contribution in [3.63, 3.8) is 0 Å². The molecule has 1 N–H and O–H groups in total. The lowest BCUT2D eigenvalue weighted by Gasteiger charge is -2.32. The predicted molar refractivity (Wildman–Crippen MR) is 86.5 cm³/mol. The fourth-order valence-corrected chi connectivity index (χ4v) is 2.89. The number of para-hydroxylation sites is 1. The second-order valence-electron chi connectivity index (χ2n) is 5.93. The van der Waals surface area contributed by atoms with Crippen LogP contribution in [-0.2, 0) is 6.54 Å². The molecule has 1 aliphatic heterocycles. The van der Waals surface area contributed by atoms with E-state index < -0.39 is 0 Å². The molecule has 1 aromatic heterocycles. The number of nitrogens with zero attached hydrogens (tertiary/aromatic N) is 2. The van der Waals surface area contributed by atoms with Gasteiger partial charge in [-0.05, 0) is 32.6 Å². The van der Waals surface area contributed by atoms with Gasteiger partial charge in [0.1, 0.15) is 5.58 Å². The van der Waals surface area contributed by atoms with E-state index in [1.54, 1.807) is 0 Å². The summed E-state index contributed by atoms with van der Waals surface area (Å²) < 4.78 is 5.56. The fraction of sp³-hybridized carbons (Fsp3) is 0.529. The number of piperazine rings is 1. The molecule has 4 heteroatoms. The van der Waals surface area contributed by atoms with Crippen molar-refractivity contribution >= 4 is 11.0 Å². The predicted octanol–water partition coefficient (Wildman–Crippen LogP) is 2.16. The number of hydrogen-bond donors (Lipinski definition) is 1. The molecule has 0 aliphatic carbocycles. The normalized spacial score (nSPS) is 17.6. The highest BCUT2D eigenvalue weighted by molar-refractivity contribution is 5.80. The molecule has 1 aliphatic rings. The van der Waals surface area contributed by atoms with Gasteiger partial charge in [0, 0.05) is 43.7 Å². The first-order chi connectivity index (χ1) is 10.3. The zero-order chi connectivity index (χ0) is 14.5. The van der Waals surface area contributed by atoms with Gasteiger partial charge >= 0.3 is 0 Å². The van der Waals surface area contributed by atoms with Crippen LogP contribution in [0.4, 0.5) is 0 Å². The van der Waals surface area contributed by atoms with Crippen LogP contribution in [0.1, 0.15) is 12.0 Å². The highest BCUT2D eigenvalue weighted by atomic mass is 16.3. The lowest BCUT2D eigenvalue weighted by Crippen LogP contribution is -2.45. The van der Waals surface area contributed by atoms with Crippen molar-refractivity contribution in [3.05, 3.63) is 36.1 Å². The molecule has 3 rings (SSSR count). The second kappa shape index (κ2) is 7.07. The monoisotopic (exact) mass is 287 g/mol. The number of benzene rings is 1. The lowest BCUT2D eigenvalue weighted by molar-refractivity contribution is 0.153. The third kappa shape index (κ3) is 3.84. The van der Waals surface area contributed by atoms with Crippen molar-refractivity contribution in [1.82, 2.24) is 15.1 Å². The topological polar surface area (TPSA) is 31.6 Å². The first-order valence-electron chi connectivity index (χ1n) is 7.89. The van der Waals surface area contributed by atoms with E-state index in [9.17, 15) is 0 Å². The van der Waals surface area contributed by atoms with E-state index in [0.29, 0.717) is 0 Å². The Bertz CT molecular complexity index is 558. The lowest BCUT2D eigenvalue weighted by atomic mass is 10.2. The zero-order valence-electron chi connectivity index (χ0n) is 12.8. The highest BCUT2D eigenvalue weighted by Gasteiger charge is 2.12. The average molecular weight is 287 g/mol. The van der Waals surface area contributed by atoms with Crippen LogP contribution in [-0.4, -0.2) is 56.1 Å². The van der Waals surface area contributed by atoms with E-state index in [0.717, 1.165) is 18.7 Å². The summed E-state index contributed by atoms with van der Waals surface area (Å²) in [5.41, 5.74) is 2.23. The van der Waals surface area contributed by atoms with E-state index in [1.165, 1.54) is 50.1 Å². The minimum atomic E-state index is 0.889. The molecular weight excluding hydrogens is 262 g/mol. The molecule has 21 heavy (non-hydrogen) atoms. The number of furan rings is 1. The van der Waals surface area contributed by atoms with E-state index in [1.807, 2.05) is 18.4 Å². The van der Waals surface area contributed by atoms with Gasteiger partial charge in [-0.2, -0.15) is 0 Å². The van der Waals surface area contributed by atoms with E-state index in [2.05, 4.69) is 34.3 Å². The first kappa shape index (κ1) is 14.6. The minimum absolute atomic E-state index is 0.889. The Hall–Kier alpha value is -1.36. The fourth-order valence-electron chi connectivity index (χ4n) is 2.89. The summed E-state index contributed by atoms with van der Waals surface area (Å²) in [6, 6.07) is 8.22. The van der Waals surface area contributed by atoms with Gasteiger partial charge in [0.2, 0.25) is 0 Å². The first-order valence-corrected chi connectivity index (χ1v) is 7.89. The quantitative estimate of drug-likeness (QED) is 0.825. The molecule has 4 nitrogen and oxygen atoms in total. The van der Waals surface area contributed by atoms with Gasteiger partial charge in [-0.15, -0.1) is 0 Å². The molecular formula is C17H25N3O. The van der Waals surface area contributed by atoms with Crippen LogP contribution in [0.3, 0.4) is 0 Å². The summed E-state index contributed by atoms with van der Waals surface area (Å²) in [5, 5.41) is 4.76. The largest absolute Gasteiger partial charge is 0.464 e. The number of nitrogens with one attached hydrogen (secondary N) is 1. The Morgan fingerprint density at radius 1 is 1.14 bits per heavy atom. The van der Waals surface area contributed by atoms with Gasteiger partial charge in [0.05, 0.1) is 6.26 Å². The van der Waals surface area contributed by atoms with Gasteiger partial charge in [-0.1, -0.05) is 18.2 Å². The summed E-state index contributed by atoms with van der Waals surface area (Å²) in [7, 11) is 2.20. The standard InChI is InChI=1S/C17H25N3O/c1-19-9-11-20(12-10-19)8-4-7-18-13-15-14-21-17-6-3-2-5-16(15)17/h2-3,5-6,14,18H,4,7-13H2,1H3. The molecule has 1 aromatic carbocycles. The van der Waals surface area contributed by atoms with Crippen molar-refractivity contribution < 1.29 is 4.42 Å². The van der Waals surface area contributed by atoms with Gasteiger partial charge < -0.3 is 19.5 Å². The van der Waals surface area contributed by atoms with E-state index >= 15 is 0 Å². The van der Waals surface area contributed by atoms with Crippen molar-refractivity contribution in [1.29, 1.82) is 0 Å². The molecule has 0 amide bonds. The zero-order valence-corrected chi connectivity index (χ0v) is 12.8. The van der Waals surface area contributed by atoms with Crippen LogP contribution < -0.4 is 5.32 Å². The second-order valence-corrected chi connectivity index (χ2v) is 5.93. The van der Waals surface area contributed by atoms with Crippen LogP contribution in [0, 0.1) is 0 Å². The van der Waals surface area contributed by atoms with Crippen LogP contribution in [0.15, 0.2) is 34.9 Å². The molecule has 0 saturated carbocycles. The van der Waals surface area contributed by atoms with Gasteiger partial charge in [-0.25, -0.2) is 0 Å². The van der Waals surface area contributed by atoms with E-state index in [4.69, 9.17) is 4.42 Å². The van der Waals surface area contributed by atoms with E-state index in [-0.39, 0.29) is 0 Å². The maximum absolute atomic E-state index is 5.56. The van der Waals surface area contributed by atoms with Gasteiger partial charge in [-0.3, -0.25) is 0 Å². The van der Waals surface area contributed by atoms with Crippen LogP contribution >= 0.6 is 0 Å². The Morgan fingerprint density at radius 2 is 1.95 bits per heavy atom. The van der Waals surface area contributed by atoms with Crippen molar-refractivity contribution in [2.75, 3.05) is 46.3 Å². The number of likely N-dealkylation sites (N-methyl/N-ethyl adjacent to an activating group) is 1. The smallest absolute Gasteiger partial charge is 0.134 e. The van der Waals surface area contributed by atoms with Crippen LogP contribution in [0.25, 0.3) is 11.0 Å². The van der Waals surface area contributed by atoms with Gasteiger partial charge in [0.15, 0.2) is 0 Å². The Morgan fingerprint density at radius 3 is 2.81 bits per heavy atom. The molecule has 2 aromatic rings. The van der Waals surface area contributed by atoms with Crippen LogP contribution in [0.5, 0.6) is 0 Å². The summed E-state index contributed by atoms with van der Waals surface area (Å²) in [4.78, 5) is 4.97. The highest BCUT2D eigenvalue weighted by Crippen LogP contribution is 2.20. The maximum atomic E-state index is 5.56. The molecule has 0 spiro atoms. The number of rotatable bonds is 6. The SMILES string of the molecule is CN1CCN(CCCNCc2coc3ccccc23)CC1. The van der Waals surface area contributed by atoms with Crippen molar-refractivity contribution in [2.45, 2.75) is 13.0 Å². The van der Waals surface area contributed by atoms with Crippen molar-refractivity contribution in [3.8, 4) is 0 Å². The van der Waals surface area contributed by atoms with Crippen LogP contribution in [0.2, 0.25) is 0 Å². The molecule has 1 saturated heterocycles. The summed E-state index contributed by atoms with van der Waals surface area (Å²) in [6.07, 6.45) is 3.08. The minimum Gasteiger partial charge on any atom is -0.464 e. The maximum Gasteiger partial charge on any atom is 0.134 e. The number of hydrogen-bond acceptors (Lipinski definition) is 4. The third-order valence-corrected chi connectivity index (χ3v) is 4.30. The molecule has 2 heterocycles. The Balaban J connectivity index is 1.37. The molecule has 1 fully saturated rings. The summed E-state index contributed by atoms with van der Waals surface area (Å²) in [5.74, 6) is 0. The molecule has 0 bridgehead atoms. The molecule has 114 valence electrons.